The molecule has 4 aliphatic rings. The molecular formula is C20H30N2O4. The second kappa shape index (κ2) is 6.95. The van der Waals surface area contributed by atoms with Gasteiger partial charge >= 0.3 is 0 Å². The first-order valence-electron chi connectivity index (χ1n) is 10.4. The molecule has 2 saturated carbocycles. The standard InChI is InChI=1S/C20H30N2O4/c23-17-16(13-22(18(17)24)15-9-5-2-6-10-15)20(26)11-12-21(19(20)25)14-7-3-1-4-8-14/h14-16,26H,1-13H2/t16-,20-/m1/s1. The van der Waals surface area contributed by atoms with Gasteiger partial charge < -0.3 is 14.9 Å². The first-order chi connectivity index (χ1) is 12.5. The molecule has 144 valence electrons. The van der Waals surface area contributed by atoms with E-state index in [1.165, 1.54) is 12.8 Å². The van der Waals surface area contributed by atoms with Gasteiger partial charge in [0.15, 0.2) is 5.60 Å². The average Bonchev–Trinajstić information content (AvgIpc) is 3.15. The molecule has 0 radical (unpaired) electrons. The lowest BCUT2D eigenvalue weighted by Gasteiger charge is -2.34. The van der Waals surface area contributed by atoms with Crippen LogP contribution in [-0.4, -0.2) is 63.3 Å². The monoisotopic (exact) mass is 362 g/mol. The van der Waals surface area contributed by atoms with E-state index in [2.05, 4.69) is 0 Å². The lowest BCUT2D eigenvalue weighted by atomic mass is 9.84. The van der Waals surface area contributed by atoms with Crippen molar-refractivity contribution in [1.29, 1.82) is 0 Å². The molecule has 4 fully saturated rings. The third-order valence-electron chi connectivity index (χ3n) is 7.14. The van der Waals surface area contributed by atoms with E-state index in [0.717, 1.165) is 51.4 Å². The molecule has 0 aromatic heterocycles. The van der Waals surface area contributed by atoms with Gasteiger partial charge in [0.1, 0.15) is 0 Å². The van der Waals surface area contributed by atoms with Crippen molar-refractivity contribution in [3.8, 4) is 0 Å². The van der Waals surface area contributed by atoms with Crippen LogP contribution in [0.25, 0.3) is 0 Å². The lowest BCUT2D eigenvalue weighted by molar-refractivity contribution is -0.154. The predicted molar refractivity (Wildman–Crippen MR) is 95.2 cm³/mol. The Kier molecular flexibility index (Phi) is 4.80. The Labute approximate surface area is 154 Å². The van der Waals surface area contributed by atoms with Crippen LogP contribution < -0.4 is 0 Å². The van der Waals surface area contributed by atoms with Gasteiger partial charge in [0, 0.05) is 31.6 Å². The molecule has 0 spiro atoms. The summed E-state index contributed by atoms with van der Waals surface area (Å²) in [5.41, 5.74) is -1.69. The van der Waals surface area contributed by atoms with E-state index in [4.69, 9.17) is 0 Å². The Hall–Kier alpha value is -1.43. The molecule has 2 amide bonds. The lowest BCUT2D eigenvalue weighted by Crippen LogP contribution is -2.51. The minimum atomic E-state index is -1.69. The van der Waals surface area contributed by atoms with Gasteiger partial charge in [0.2, 0.25) is 5.78 Å². The van der Waals surface area contributed by atoms with Gasteiger partial charge in [-0.05, 0) is 25.7 Å². The molecule has 4 rings (SSSR count). The van der Waals surface area contributed by atoms with Crippen LogP contribution in [0.1, 0.15) is 70.6 Å². The van der Waals surface area contributed by atoms with E-state index in [-0.39, 0.29) is 31.0 Å². The van der Waals surface area contributed by atoms with Crippen molar-refractivity contribution in [1.82, 2.24) is 9.80 Å². The topological polar surface area (TPSA) is 77.9 Å². The number of likely N-dealkylation sites (tertiary alicyclic amines) is 2. The zero-order chi connectivity index (χ0) is 18.3. The minimum Gasteiger partial charge on any atom is -0.379 e. The largest absolute Gasteiger partial charge is 0.379 e. The predicted octanol–water partition coefficient (Wildman–Crippen LogP) is 1.64. The van der Waals surface area contributed by atoms with Crippen LogP contribution in [0.15, 0.2) is 0 Å². The number of amides is 2. The highest BCUT2D eigenvalue weighted by Crippen LogP contribution is 2.39. The quantitative estimate of drug-likeness (QED) is 0.774. The van der Waals surface area contributed by atoms with Crippen LogP contribution in [0.3, 0.4) is 0 Å². The van der Waals surface area contributed by atoms with Gasteiger partial charge in [0.05, 0.1) is 5.92 Å². The van der Waals surface area contributed by atoms with Crippen LogP contribution in [0, 0.1) is 5.92 Å². The number of rotatable bonds is 3. The summed E-state index contributed by atoms with van der Waals surface area (Å²) in [4.78, 5) is 41.7. The smallest absolute Gasteiger partial charge is 0.290 e. The Morgan fingerprint density at radius 3 is 1.92 bits per heavy atom. The van der Waals surface area contributed by atoms with Crippen LogP contribution >= 0.6 is 0 Å². The van der Waals surface area contributed by atoms with Gasteiger partial charge in [-0.25, -0.2) is 0 Å². The van der Waals surface area contributed by atoms with Crippen molar-refractivity contribution in [3.05, 3.63) is 0 Å². The highest BCUT2D eigenvalue weighted by atomic mass is 16.3. The number of nitrogens with zero attached hydrogens (tertiary/aromatic N) is 2. The molecule has 0 aromatic carbocycles. The fourth-order valence-electron chi connectivity index (χ4n) is 5.54. The van der Waals surface area contributed by atoms with E-state index in [0.29, 0.717) is 6.54 Å². The molecule has 6 heteroatoms. The highest BCUT2D eigenvalue weighted by molar-refractivity contribution is 6.39. The number of carbonyl (C=O) groups excluding carboxylic acids is 3. The molecule has 26 heavy (non-hydrogen) atoms. The Morgan fingerprint density at radius 1 is 0.808 bits per heavy atom. The van der Waals surface area contributed by atoms with Gasteiger partial charge in [0.25, 0.3) is 11.8 Å². The number of Topliss-reactive ketones (excluding diaryl/α,β-unsaturated/α-hetero) is 1. The zero-order valence-electron chi connectivity index (χ0n) is 15.5. The maximum absolute atomic E-state index is 13.0. The normalized spacial score (nSPS) is 35.0. The van der Waals surface area contributed by atoms with Crippen molar-refractivity contribution in [2.45, 2.75) is 88.3 Å². The molecule has 2 atom stereocenters. The summed E-state index contributed by atoms with van der Waals surface area (Å²) in [5, 5.41) is 11.2. The molecule has 0 bridgehead atoms. The van der Waals surface area contributed by atoms with Crippen molar-refractivity contribution in [2.75, 3.05) is 13.1 Å². The first kappa shape index (κ1) is 18.0. The molecule has 2 saturated heterocycles. The number of hydrogen-bond donors (Lipinski definition) is 1. The van der Waals surface area contributed by atoms with Crippen LogP contribution in [0.2, 0.25) is 0 Å². The van der Waals surface area contributed by atoms with Crippen molar-refractivity contribution in [3.63, 3.8) is 0 Å². The van der Waals surface area contributed by atoms with E-state index in [9.17, 15) is 19.5 Å². The maximum atomic E-state index is 13.0. The fraction of sp³-hybridized carbons (Fsp3) is 0.850. The molecule has 2 aliphatic heterocycles. The van der Waals surface area contributed by atoms with E-state index in [1.807, 2.05) is 0 Å². The SMILES string of the molecule is O=C1C(=O)N(C2CCCCC2)C[C@H]1[C@]1(O)CCN(C2CCCCC2)C1=O. The van der Waals surface area contributed by atoms with Gasteiger partial charge in [-0.2, -0.15) is 0 Å². The number of hydrogen-bond acceptors (Lipinski definition) is 4. The summed E-state index contributed by atoms with van der Waals surface area (Å²) >= 11 is 0. The molecule has 1 N–H and O–H groups in total. The van der Waals surface area contributed by atoms with E-state index >= 15 is 0 Å². The number of ketones is 1. The number of carbonyl (C=O) groups is 3. The van der Waals surface area contributed by atoms with Gasteiger partial charge in [-0.15, -0.1) is 0 Å². The second-order valence-corrected chi connectivity index (χ2v) is 8.63. The molecule has 2 heterocycles. The Bertz CT molecular complexity index is 595. The molecule has 0 unspecified atom stereocenters. The molecule has 6 nitrogen and oxygen atoms in total. The summed E-state index contributed by atoms with van der Waals surface area (Å²) in [6.07, 6.45) is 10.8. The van der Waals surface area contributed by atoms with Gasteiger partial charge in [-0.1, -0.05) is 38.5 Å². The molecular weight excluding hydrogens is 332 g/mol. The minimum absolute atomic E-state index is 0.0970. The summed E-state index contributed by atoms with van der Waals surface area (Å²) < 4.78 is 0. The van der Waals surface area contributed by atoms with Crippen molar-refractivity contribution < 1.29 is 19.5 Å². The summed E-state index contributed by atoms with van der Waals surface area (Å²) in [6.45, 7) is 0.713. The first-order valence-corrected chi connectivity index (χ1v) is 10.4. The average molecular weight is 362 g/mol. The molecule has 2 aliphatic carbocycles. The molecule has 0 aromatic rings. The van der Waals surface area contributed by atoms with E-state index < -0.39 is 23.2 Å². The van der Waals surface area contributed by atoms with E-state index in [1.54, 1.807) is 9.80 Å². The number of aliphatic hydroxyl groups is 1. The zero-order valence-corrected chi connectivity index (χ0v) is 15.5. The summed E-state index contributed by atoms with van der Waals surface area (Å²) in [6, 6.07) is 0.284. The third kappa shape index (κ3) is 2.86. The van der Waals surface area contributed by atoms with Crippen molar-refractivity contribution in [2.24, 2.45) is 5.92 Å². The third-order valence-corrected chi connectivity index (χ3v) is 7.14. The van der Waals surface area contributed by atoms with Crippen LogP contribution in [0.5, 0.6) is 0 Å². The fourth-order valence-corrected chi connectivity index (χ4v) is 5.54. The van der Waals surface area contributed by atoms with Crippen molar-refractivity contribution >= 4 is 17.6 Å². The van der Waals surface area contributed by atoms with Gasteiger partial charge in [-0.3, -0.25) is 14.4 Å². The second-order valence-electron chi connectivity index (χ2n) is 8.63. The maximum Gasteiger partial charge on any atom is 0.290 e. The Morgan fingerprint density at radius 2 is 1.35 bits per heavy atom. The Balaban J connectivity index is 1.50. The van der Waals surface area contributed by atoms with Crippen LogP contribution in [-0.2, 0) is 14.4 Å². The summed E-state index contributed by atoms with van der Waals surface area (Å²) in [7, 11) is 0. The van der Waals surface area contributed by atoms with Crippen LogP contribution in [0.4, 0.5) is 0 Å². The summed E-state index contributed by atoms with van der Waals surface area (Å²) in [5.74, 6) is -2.25. The highest BCUT2D eigenvalue weighted by Gasteiger charge is 2.59.